The largest absolute Gasteiger partial charge is 0.320 e. The van der Waals surface area contributed by atoms with Gasteiger partial charge >= 0.3 is 0 Å². The third kappa shape index (κ3) is 2.49. The van der Waals surface area contributed by atoms with Crippen LogP contribution in [0.4, 0.5) is 5.69 Å². The van der Waals surface area contributed by atoms with Crippen LogP contribution in [0.25, 0.3) is 0 Å². The van der Waals surface area contributed by atoms with E-state index in [2.05, 4.69) is 48.9 Å². The molecule has 1 heterocycles. The summed E-state index contributed by atoms with van der Waals surface area (Å²) in [6.45, 7) is 7.72. The lowest BCUT2D eigenvalue weighted by molar-refractivity contribution is 0.859. The third-order valence-corrected chi connectivity index (χ3v) is 4.11. The van der Waals surface area contributed by atoms with Crippen LogP contribution in [0, 0.1) is 6.92 Å². The summed E-state index contributed by atoms with van der Waals surface area (Å²) in [7, 11) is 1.88. The summed E-state index contributed by atoms with van der Waals surface area (Å²) in [5.41, 5.74) is 4.07. The fourth-order valence-corrected chi connectivity index (χ4v) is 3.12. The van der Waals surface area contributed by atoms with Gasteiger partial charge in [0, 0.05) is 25.0 Å². The van der Waals surface area contributed by atoms with E-state index in [1.54, 1.807) is 0 Å². The molecule has 0 atom stereocenters. The van der Waals surface area contributed by atoms with Gasteiger partial charge in [0.15, 0.2) is 5.17 Å². The van der Waals surface area contributed by atoms with E-state index in [-0.39, 0.29) is 0 Å². The highest BCUT2D eigenvalue weighted by Gasteiger charge is 2.23. The maximum atomic E-state index is 4.38. The highest BCUT2D eigenvalue weighted by atomic mass is 32.2. The number of hydrogen-bond acceptors (Lipinski definition) is 2. The second-order valence-electron chi connectivity index (χ2n) is 4.72. The van der Waals surface area contributed by atoms with Crippen LogP contribution >= 0.6 is 11.8 Å². The predicted octanol–water partition coefficient (Wildman–Crippen LogP) is 3.66. The Balaban J connectivity index is 2.46. The minimum Gasteiger partial charge on any atom is -0.320 e. The fraction of sp³-hybridized carbons (Fsp3) is 0.500. The lowest BCUT2D eigenvalue weighted by Crippen LogP contribution is -2.25. The number of benzene rings is 1. The van der Waals surface area contributed by atoms with Gasteiger partial charge in [-0.3, -0.25) is 4.99 Å². The molecule has 0 spiro atoms. The number of anilines is 1. The summed E-state index contributed by atoms with van der Waals surface area (Å²) in [5.74, 6) is 1.69. The van der Waals surface area contributed by atoms with Crippen LogP contribution < -0.4 is 4.90 Å². The van der Waals surface area contributed by atoms with Crippen molar-refractivity contribution in [1.82, 2.24) is 0 Å². The lowest BCUT2D eigenvalue weighted by atomic mass is 9.99. The number of hydrogen-bond donors (Lipinski definition) is 0. The van der Waals surface area contributed by atoms with Crippen molar-refractivity contribution in [3.63, 3.8) is 0 Å². The number of nitrogens with zero attached hydrogens (tertiary/aromatic N) is 2. The van der Waals surface area contributed by atoms with Gasteiger partial charge in [0.05, 0.1) is 0 Å². The van der Waals surface area contributed by atoms with Gasteiger partial charge in [0.1, 0.15) is 0 Å². The average Bonchev–Trinajstić information content (AvgIpc) is 2.76. The molecule has 2 rings (SSSR count). The van der Waals surface area contributed by atoms with Crippen molar-refractivity contribution < 1.29 is 0 Å². The Hall–Kier alpha value is -0.960. The molecule has 0 amide bonds. The highest BCUT2D eigenvalue weighted by molar-refractivity contribution is 8.14. The monoisotopic (exact) mass is 248 g/mol. The summed E-state index contributed by atoms with van der Waals surface area (Å²) in [6.07, 6.45) is 0. The van der Waals surface area contributed by atoms with E-state index in [9.17, 15) is 0 Å². The topological polar surface area (TPSA) is 15.6 Å². The van der Waals surface area contributed by atoms with Gasteiger partial charge in [-0.15, -0.1) is 0 Å². The van der Waals surface area contributed by atoms with E-state index in [0.29, 0.717) is 5.92 Å². The molecule has 0 unspecified atom stereocenters. The number of thioether (sulfide) groups is 1. The standard InChI is InChI=1S/C14H20N2S/c1-10(2)12-6-5-11(3)9-13(12)16-7-8-17-14(16)15-4/h5-6,9-10H,7-8H2,1-4H3. The molecule has 0 saturated carbocycles. The molecule has 92 valence electrons. The summed E-state index contributed by atoms with van der Waals surface area (Å²) < 4.78 is 0. The molecule has 0 aliphatic carbocycles. The molecule has 0 aromatic heterocycles. The zero-order chi connectivity index (χ0) is 12.4. The second-order valence-corrected chi connectivity index (χ2v) is 5.79. The Labute approximate surface area is 108 Å². The Morgan fingerprint density at radius 1 is 1.35 bits per heavy atom. The highest BCUT2D eigenvalue weighted by Crippen LogP contribution is 2.33. The van der Waals surface area contributed by atoms with Crippen molar-refractivity contribution >= 4 is 22.6 Å². The van der Waals surface area contributed by atoms with Crippen molar-refractivity contribution in [3.8, 4) is 0 Å². The summed E-state index contributed by atoms with van der Waals surface area (Å²) in [4.78, 5) is 6.74. The van der Waals surface area contributed by atoms with E-state index in [0.717, 1.165) is 17.5 Å². The zero-order valence-electron chi connectivity index (χ0n) is 11.0. The van der Waals surface area contributed by atoms with E-state index in [4.69, 9.17) is 0 Å². The van der Waals surface area contributed by atoms with E-state index in [1.165, 1.54) is 16.8 Å². The Kier molecular flexibility index (Phi) is 3.77. The van der Waals surface area contributed by atoms with Gasteiger partial charge in [-0.1, -0.05) is 37.7 Å². The van der Waals surface area contributed by atoms with Crippen molar-refractivity contribution in [3.05, 3.63) is 29.3 Å². The summed E-state index contributed by atoms with van der Waals surface area (Å²) >= 11 is 1.85. The molecule has 3 heteroatoms. The Morgan fingerprint density at radius 2 is 2.12 bits per heavy atom. The normalized spacial score (nSPS) is 18.4. The molecule has 0 N–H and O–H groups in total. The molecule has 1 aromatic rings. The molecule has 1 fully saturated rings. The van der Waals surface area contributed by atoms with Crippen molar-refractivity contribution in [2.24, 2.45) is 4.99 Å². The van der Waals surface area contributed by atoms with Gasteiger partial charge in [-0.2, -0.15) is 0 Å². The first-order valence-corrected chi connectivity index (χ1v) is 7.09. The molecular formula is C14H20N2S. The molecule has 0 bridgehead atoms. The predicted molar refractivity (Wildman–Crippen MR) is 78.4 cm³/mol. The third-order valence-electron chi connectivity index (χ3n) is 3.07. The van der Waals surface area contributed by atoms with Gasteiger partial charge in [-0.05, 0) is 30.0 Å². The fourth-order valence-electron chi connectivity index (χ4n) is 2.19. The van der Waals surface area contributed by atoms with Crippen LogP contribution in [-0.2, 0) is 0 Å². The molecule has 1 aliphatic heterocycles. The van der Waals surface area contributed by atoms with Gasteiger partial charge in [0.2, 0.25) is 0 Å². The minimum absolute atomic E-state index is 0.550. The van der Waals surface area contributed by atoms with Gasteiger partial charge in [0.25, 0.3) is 0 Å². The van der Waals surface area contributed by atoms with Crippen LogP contribution in [0.2, 0.25) is 0 Å². The van der Waals surface area contributed by atoms with Crippen molar-refractivity contribution in [1.29, 1.82) is 0 Å². The average molecular weight is 248 g/mol. The zero-order valence-corrected chi connectivity index (χ0v) is 11.8. The molecule has 2 nitrogen and oxygen atoms in total. The molecule has 1 aromatic carbocycles. The van der Waals surface area contributed by atoms with E-state index >= 15 is 0 Å². The van der Waals surface area contributed by atoms with Crippen LogP contribution in [0.5, 0.6) is 0 Å². The molecule has 17 heavy (non-hydrogen) atoms. The SMILES string of the molecule is CN=C1SCCN1c1cc(C)ccc1C(C)C. The van der Waals surface area contributed by atoms with Crippen LogP contribution in [0.15, 0.2) is 23.2 Å². The number of aliphatic imine (C=N–C) groups is 1. The lowest BCUT2D eigenvalue weighted by Gasteiger charge is -2.23. The Bertz CT molecular complexity index is 438. The second kappa shape index (κ2) is 5.13. The first-order valence-electron chi connectivity index (χ1n) is 6.11. The maximum absolute atomic E-state index is 4.38. The maximum Gasteiger partial charge on any atom is 0.163 e. The quantitative estimate of drug-likeness (QED) is 0.794. The minimum atomic E-state index is 0.550. The number of rotatable bonds is 2. The van der Waals surface area contributed by atoms with Gasteiger partial charge in [-0.25, -0.2) is 0 Å². The van der Waals surface area contributed by atoms with E-state index < -0.39 is 0 Å². The Morgan fingerprint density at radius 3 is 2.76 bits per heavy atom. The molecule has 0 radical (unpaired) electrons. The van der Waals surface area contributed by atoms with Crippen LogP contribution in [-0.4, -0.2) is 24.5 Å². The first kappa shape index (κ1) is 12.5. The summed E-state index contributed by atoms with van der Waals surface area (Å²) in [6, 6.07) is 6.74. The summed E-state index contributed by atoms with van der Waals surface area (Å²) in [5, 5.41) is 1.15. The van der Waals surface area contributed by atoms with Crippen molar-refractivity contribution in [2.75, 3.05) is 24.2 Å². The van der Waals surface area contributed by atoms with E-state index in [1.807, 2.05) is 18.8 Å². The first-order chi connectivity index (χ1) is 8.13. The van der Waals surface area contributed by atoms with Crippen molar-refractivity contribution in [2.45, 2.75) is 26.7 Å². The molecule has 1 aliphatic rings. The number of amidine groups is 1. The van der Waals surface area contributed by atoms with Gasteiger partial charge < -0.3 is 4.90 Å². The smallest absolute Gasteiger partial charge is 0.163 e. The van der Waals surface area contributed by atoms with Crippen LogP contribution in [0.3, 0.4) is 0 Å². The molecule has 1 saturated heterocycles. The number of aryl methyl sites for hydroxylation is 1. The molecular weight excluding hydrogens is 228 g/mol. The van der Waals surface area contributed by atoms with Crippen LogP contribution in [0.1, 0.15) is 30.9 Å².